The summed E-state index contributed by atoms with van der Waals surface area (Å²) in [5.74, 6) is -0.761. The van der Waals surface area contributed by atoms with Gasteiger partial charge in [0.1, 0.15) is 5.25 Å². The second kappa shape index (κ2) is 6.37. The van der Waals surface area contributed by atoms with Crippen molar-refractivity contribution in [2.24, 2.45) is 5.92 Å². The third kappa shape index (κ3) is 3.02. The summed E-state index contributed by atoms with van der Waals surface area (Å²) in [5, 5.41) is -0.500. The number of thioether (sulfide) groups is 1. The number of imide groups is 1. The lowest BCUT2D eigenvalue weighted by Crippen LogP contribution is -2.27. The van der Waals surface area contributed by atoms with E-state index in [1.165, 1.54) is 19.1 Å². The van der Waals surface area contributed by atoms with Crippen molar-refractivity contribution >= 4 is 40.2 Å². The number of hydrogen-bond donors (Lipinski definition) is 0. The molecule has 4 nitrogen and oxygen atoms in total. The Kier molecular flexibility index (Phi) is 4.77. The molecule has 1 aliphatic rings. The van der Waals surface area contributed by atoms with E-state index >= 15 is 0 Å². The van der Waals surface area contributed by atoms with Crippen molar-refractivity contribution in [2.75, 3.05) is 14.2 Å². The van der Waals surface area contributed by atoms with Crippen LogP contribution in [0.15, 0.2) is 30.3 Å². The van der Waals surface area contributed by atoms with Gasteiger partial charge in [0.05, 0.1) is 13.0 Å². The Labute approximate surface area is 127 Å². The minimum Gasteiger partial charge on any atom is -0.482 e. The van der Waals surface area contributed by atoms with E-state index in [2.05, 4.69) is 0 Å². The first kappa shape index (κ1) is 15.0. The Morgan fingerprint density at radius 2 is 1.95 bits per heavy atom. The van der Waals surface area contributed by atoms with E-state index < -0.39 is 11.2 Å². The lowest BCUT2D eigenvalue weighted by atomic mass is 9.97. The van der Waals surface area contributed by atoms with Gasteiger partial charge in [-0.1, -0.05) is 42.1 Å². The Hall–Kier alpha value is -1.40. The van der Waals surface area contributed by atoms with Gasteiger partial charge in [-0.3, -0.25) is 14.5 Å². The molecule has 1 aromatic rings. The van der Waals surface area contributed by atoms with Gasteiger partial charge in [-0.05, 0) is 24.2 Å². The van der Waals surface area contributed by atoms with Gasteiger partial charge in [-0.15, -0.1) is 0 Å². The van der Waals surface area contributed by atoms with Crippen LogP contribution >= 0.6 is 24.0 Å². The van der Waals surface area contributed by atoms with Crippen LogP contribution in [-0.4, -0.2) is 40.5 Å². The first-order valence-electron chi connectivity index (χ1n) is 6.14. The second-order valence-corrected chi connectivity index (χ2v) is 6.27. The van der Waals surface area contributed by atoms with Crippen LogP contribution in [0.1, 0.15) is 5.56 Å². The molecular formula is C14H15NO3S2. The number of carbonyl (C=O) groups is 2. The molecular weight excluding hydrogens is 294 g/mol. The van der Waals surface area contributed by atoms with E-state index in [1.807, 2.05) is 30.3 Å². The highest BCUT2D eigenvalue weighted by Crippen LogP contribution is 2.33. The number of hydrogen-bond acceptors (Lipinski definition) is 5. The van der Waals surface area contributed by atoms with Gasteiger partial charge in [0, 0.05) is 7.05 Å². The minimum atomic E-state index is -0.500. The highest BCUT2D eigenvalue weighted by Gasteiger charge is 2.46. The number of benzene rings is 1. The molecule has 2 rings (SSSR count). The van der Waals surface area contributed by atoms with Gasteiger partial charge in [0.25, 0.3) is 0 Å². The zero-order valence-electron chi connectivity index (χ0n) is 11.2. The topological polar surface area (TPSA) is 46.6 Å². The maximum Gasteiger partial charge on any atom is 0.243 e. The minimum absolute atomic E-state index is 0.157. The molecule has 2 atom stereocenters. The fourth-order valence-electron chi connectivity index (χ4n) is 2.20. The number of nitrogens with zero attached hydrogens (tertiary/aromatic N) is 1. The third-order valence-electron chi connectivity index (χ3n) is 3.28. The average molecular weight is 309 g/mol. The van der Waals surface area contributed by atoms with Crippen molar-refractivity contribution < 1.29 is 14.3 Å². The van der Waals surface area contributed by atoms with Crippen LogP contribution < -0.4 is 0 Å². The van der Waals surface area contributed by atoms with Crippen molar-refractivity contribution in [3.8, 4) is 0 Å². The first-order valence-corrected chi connectivity index (χ1v) is 7.43. The molecule has 0 spiro atoms. The van der Waals surface area contributed by atoms with E-state index in [1.54, 1.807) is 0 Å². The summed E-state index contributed by atoms with van der Waals surface area (Å²) in [7, 11) is 2.98. The van der Waals surface area contributed by atoms with Crippen LogP contribution in [0.5, 0.6) is 0 Å². The molecule has 0 saturated carbocycles. The molecule has 0 unspecified atom stereocenters. The Morgan fingerprint density at radius 1 is 1.30 bits per heavy atom. The smallest absolute Gasteiger partial charge is 0.243 e. The molecule has 0 aromatic heterocycles. The first-order chi connectivity index (χ1) is 9.54. The largest absolute Gasteiger partial charge is 0.482 e. The molecule has 0 bridgehead atoms. The summed E-state index contributed by atoms with van der Waals surface area (Å²) in [4.78, 5) is 25.5. The Morgan fingerprint density at radius 3 is 2.55 bits per heavy atom. The molecule has 1 heterocycles. The number of methoxy groups -OCH3 is 1. The fraction of sp³-hybridized carbons (Fsp3) is 0.357. The normalized spacial score (nSPS) is 22.2. The van der Waals surface area contributed by atoms with Gasteiger partial charge in [-0.25, -0.2) is 0 Å². The monoisotopic (exact) mass is 309 g/mol. The van der Waals surface area contributed by atoms with Crippen molar-refractivity contribution in [1.82, 2.24) is 4.90 Å². The molecule has 0 N–H and O–H groups in total. The van der Waals surface area contributed by atoms with Crippen LogP contribution in [0.25, 0.3) is 0 Å². The van der Waals surface area contributed by atoms with E-state index in [-0.39, 0.29) is 16.2 Å². The van der Waals surface area contributed by atoms with Crippen LogP contribution in [0.3, 0.4) is 0 Å². The zero-order chi connectivity index (χ0) is 14.7. The lowest BCUT2D eigenvalue weighted by molar-refractivity contribution is -0.137. The van der Waals surface area contributed by atoms with Crippen LogP contribution in [0, 0.1) is 5.92 Å². The maximum atomic E-state index is 12.2. The summed E-state index contributed by atoms with van der Waals surface area (Å²) in [6, 6.07) is 9.66. The number of carbonyl (C=O) groups excluding carboxylic acids is 2. The molecule has 1 saturated heterocycles. The van der Waals surface area contributed by atoms with Crippen LogP contribution in [0.4, 0.5) is 0 Å². The summed E-state index contributed by atoms with van der Waals surface area (Å²) < 4.78 is 5.22. The molecule has 0 aliphatic carbocycles. The molecule has 6 heteroatoms. The maximum absolute atomic E-state index is 12.2. The molecule has 1 aliphatic heterocycles. The highest BCUT2D eigenvalue weighted by atomic mass is 32.2. The average Bonchev–Trinajstić information content (AvgIpc) is 2.66. The van der Waals surface area contributed by atoms with Gasteiger partial charge in [0.15, 0.2) is 0 Å². The number of rotatable bonds is 3. The van der Waals surface area contributed by atoms with Crippen molar-refractivity contribution in [3.05, 3.63) is 35.9 Å². The molecule has 20 heavy (non-hydrogen) atoms. The summed E-state index contributed by atoms with van der Waals surface area (Å²) in [6.07, 6.45) is 0.528. The van der Waals surface area contributed by atoms with Crippen molar-refractivity contribution in [3.63, 3.8) is 0 Å². The number of likely N-dealkylation sites (tertiary alicyclic amines) is 1. The van der Waals surface area contributed by atoms with Crippen LogP contribution in [0.2, 0.25) is 0 Å². The highest BCUT2D eigenvalue weighted by molar-refractivity contribution is 8.23. The predicted molar refractivity (Wildman–Crippen MR) is 82.4 cm³/mol. The molecule has 0 radical (unpaired) electrons. The predicted octanol–water partition coefficient (Wildman–Crippen LogP) is 1.88. The summed E-state index contributed by atoms with van der Waals surface area (Å²) in [6.45, 7) is 0. The molecule has 106 valence electrons. The van der Waals surface area contributed by atoms with E-state index in [4.69, 9.17) is 17.0 Å². The van der Waals surface area contributed by atoms with Gasteiger partial charge in [0.2, 0.25) is 16.2 Å². The van der Waals surface area contributed by atoms with Gasteiger partial charge in [-0.2, -0.15) is 0 Å². The zero-order valence-corrected chi connectivity index (χ0v) is 12.9. The Bertz CT molecular complexity index is 532. The summed E-state index contributed by atoms with van der Waals surface area (Å²) >= 11 is 6.15. The quantitative estimate of drug-likeness (QED) is 0.630. The lowest BCUT2D eigenvalue weighted by Gasteiger charge is -2.14. The van der Waals surface area contributed by atoms with Gasteiger partial charge >= 0.3 is 0 Å². The number of ether oxygens (including phenoxy) is 1. The van der Waals surface area contributed by atoms with E-state index in [0.717, 1.165) is 17.3 Å². The summed E-state index contributed by atoms with van der Waals surface area (Å²) in [5.41, 5.74) is 1.03. The van der Waals surface area contributed by atoms with Gasteiger partial charge < -0.3 is 4.74 Å². The van der Waals surface area contributed by atoms with Crippen LogP contribution in [-0.2, 0) is 20.7 Å². The molecule has 1 aromatic carbocycles. The van der Waals surface area contributed by atoms with Crippen molar-refractivity contribution in [2.45, 2.75) is 11.7 Å². The van der Waals surface area contributed by atoms with E-state index in [0.29, 0.717) is 6.42 Å². The molecule has 2 amide bonds. The number of thiocarbonyl (C=S) groups is 1. The van der Waals surface area contributed by atoms with Crippen molar-refractivity contribution in [1.29, 1.82) is 0 Å². The third-order valence-corrected chi connectivity index (χ3v) is 4.87. The Balaban J connectivity index is 2.20. The second-order valence-electron chi connectivity index (χ2n) is 4.52. The molecule has 1 fully saturated rings. The van der Waals surface area contributed by atoms with E-state index in [9.17, 15) is 9.59 Å². The fourth-order valence-corrected chi connectivity index (χ4v) is 3.45. The SMILES string of the molecule is COC(=S)S[C@H]1C(=O)N(C)C(=O)[C@@H]1Cc1ccccc1. The standard InChI is InChI=1S/C14H15NO3S2/c1-15-12(16)10(8-9-6-4-3-5-7-9)11(13(15)17)20-14(19)18-2/h3-7,10-11H,8H2,1-2H3/t10-,11-/m1/s1. The number of amides is 2.